The summed E-state index contributed by atoms with van der Waals surface area (Å²) in [5, 5.41) is 8.64. The lowest BCUT2D eigenvalue weighted by molar-refractivity contribution is -0.132. The molecule has 0 saturated carbocycles. The van der Waals surface area contributed by atoms with Crippen LogP contribution < -0.4 is 0 Å². The second kappa shape index (κ2) is 5.21. The summed E-state index contributed by atoms with van der Waals surface area (Å²) in [5.41, 5.74) is 0.119. The Balaban J connectivity index is 4.86. The summed E-state index contributed by atoms with van der Waals surface area (Å²) in [6.45, 7) is 8.38. The van der Waals surface area contributed by atoms with Gasteiger partial charge in [-0.2, -0.15) is 0 Å². The van der Waals surface area contributed by atoms with Crippen molar-refractivity contribution in [3.8, 4) is 0 Å². The molecule has 1 amide bonds. The molecule has 0 heterocycles. The maximum atomic E-state index is 11.3. The Morgan fingerprint density at radius 1 is 1.43 bits per heavy atom. The average molecular weight is 197 g/mol. The van der Waals surface area contributed by atoms with E-state index in [-0.39, 0.29) is 17.5 Å². The van der Waals surface area contributed by atoms with Crippen LogP contribution in [0.4, 0.5) is 0 Å². The molecule has 4 nitrogen and oxygen atoms in total. The standard InChI is InChI=1S/C10H15NO3/c1-5-9(12)11(7(2)3)6-8(4)10(13)14/h5-7H,1H2,2-4H3,(H,13,14)/b8-6+. The maximum absolute atomic E-state index is 11.3. The van der Waals surface area contributed by atoms with Gasteiger partial charge in [-0.1, -0.05) is 6.58 Å². The summed E-state index contributed by atoms with van der Waals surface area (Å²) in [6, 6.07) is -0.0881. The van der Waals surface area contributed by atoms with Gasteiger partial charge in [0.2, 0.25) is 5.91 Å². The van der Waals surface area contributed by atoms with E-state index in [1.54, 1.807) is 13.8 Å². The molecule has 0 spiro atoms. The van der Waals surface area contributed by atoms with E-state index in [2.05, 4.69) is 6.58 Å². The molecular formula is C10H15NO3. The Hall–Kier alpha value is -1.58. The molecule has 14 heavy (non-hydrogen) atoms. The first-order valence-electron chi connectivity index (χ1n) is 4.26. The predicted molar refractivity (Wildman–Crippen MR) is 53.6 cm³/mol. The predicted octanol–water partition coefficient (Wildman–Crippen LogP) is 1.40. The Morgan fingerprint density at radius 2 is 1.93 bits per heavy atom. The molecule has 1 N–H and O–H groups in total. The van der Waals surface area contributed by atoms with Gasteiger partial charge in [0.1, 0.15) is 0 Å². The summed E-state index contributed by atoms with van der Waals surface area (Å²) in [6.07, 6.45) is 2.47. The van der Waals surface area contributed by atoms with Gasteiger partial charge in [0.05, 0.1) is 5.57 Å². The number of hydrogen-bond donors (Lipinski definition) is 1. The molecule has 0 fully saturated rings. The second-order valence-corrected chi connectivity index (χ2v) is 3.16. The summed E-state index contributed by atoms with van der Waals surface area (Å²) >= 11 is 0. The molecule has 0 aromatic rings. The third-order valence-electron chi connectivity index (χ3n) is 1.66. The van der Waals surface area contributed by atoms with Crippen molar-refractivity contribution in [1.29, 1.82) is 0 Å². The lowest BCUT2D eigenvalue weighted by Crippen LogP contribution is -2.31. The molecule has 0 rings (SSSR count). The van der Waals surface area contributed by atoms with Gasteiger partial charge in [0.25, 0.3) is 0 Å². The summed E-state index contributed by atoms with van der Waals surface area (Å²) in [4.78, 5) is 23.1. The van der Waals surface area contributed by atoms with Crippen molar-refractivity contribution < 1.29 is 14.7 Å². The molecule has 0 aliphatic carbocycles. The van der Waals surface area contributed by atoms with Gasteiger partial charge >= 0.3 is 5.97 Å². The number of aliphatic carboxylic acids is 1. The van der Waals surface area contributed by atoms with Crippen LogP contribution in [-0.4, -0.2) is 27.9 Å². The van der Waals surface area contributed by atoms with Crippen molar-refractivity contribution in [2.45, 2.75) is 26.8 Å². The molecule has 0 aliphatic heterocycles. The fraction of sp³-hybridized carbons (Fsp3) is 0.400. The van der Waals surface area contributed by atoms with E-state index < -0.39 is 5.97 Å². The van der Waals surface area contributed by atoms with E-state index >= 15 is 0 Å². The minimum atomic E-state index is -1.03. The number of carbonyl (C=O) groups excluding carboxylic acids is 1. The zero-order valence-corrected chi connectivity index (χ0v) is 8.65. The summed E-state index contributed by atoms with van der Waals surface area (Å²) < 4.78 is 0. The molecule has 0 radical (unpaired) electrons. The Bertz CT molecular complexity index is 279. The van der Waals surface area contributed by atoms with Gasteiger partial charge in [0.15, 0.2) is 0 Å². The largest absolute Gasteiger partial charge is 0.478 e. The van der Waals surface area contributed by atoms with Crippen molar-refractivity contribution in [2.24, 2.45) is 0 Å². The van der Waals surface area contributed by atoms with Crippen molar-refractivity contribution in [1.82, 2.24) is 4.90 Å². The highest BCUT2D eigenvalue weighted by Gasteiger charge is 2.13. The smallest absolute Gasteiger partial charge is 0.332 e. The molecule has 0 aromatic heterocycles. The fourth-order valence-electron chi connectivity index (χ4n) is 0.836. The van der Waals surface area contributed by atoms with Crippen LogP contribution in [0.3, 0.4) is 0 Å². The van der Waals surface area contributed by atoms with Gasteiger partial charge in [-0.25, -0.2) is 4.79 Å². The van der Waals surface area contributed by atoms with Crippen LogP contribution in [0.25, 0.3) is 0 Å². The fourth-order valence-corrected chi connectivity index (χ4v) is 0.836. The number of hydrogen-bond acceptors (Lipinski definition) is 2. The Kier molecular flexibility index (Phi) is 4.63. The van der Waals surface area contributed by atoms with Crippen molar-refractivity contribution >= 4 is 11.9 Å². The minimum Gasteiger partial charge on any atom is -0.478 e. The molecule has 0 aromatic carbocycles. The highest BCUT2D eigenvalue weighted by atomic mass is 16.4. The van der Waals surface area contributed by atoms with E-state index in [4.69, 9.17) is 5.11 Å². The van der Waals surface area contributed by atoms with Crippen LogP contribution in [-0.2, 0) is 9.59 Å². The molecular weight excluding hydrogens is 182 g/mol. The maximum Gasteiger partial charge on any atom is 0.332 e. The number of carboxylic acid groups (broad SMARTS) is 1. The number of carboxylic acids is 1. The minimum absolute atomic E-state index is 0.0881. The Labute approximate surface area is 83.5 Å². The van der Waals surface area contributed by atoms with Crippen LogP contribution in [0.2, 0.25) is 0 Å². The third kappa shape index (κ3) is 3.43. The van der Waals surface area contributed by atoms with Crippen molar-refractivity contribution in [2.75, 3.05) is 0 Å². The van der Waals surface area contributed by atoms with Crippen molar-refractivity contribution in [3.63, 3.8) is 0 Å². The number of carbonyl (C=O) groups is 2. The van der Waals surface area contributed by atoms with Crippen LogP contribution in [0, 0.1) is 0 Å². The second-order valence-electron chi connectivity index (χ2n) is 3.16. The van der Waals surface area contributed by atoms with E-state index in [1.807, 2.05) is 0 Å². The average Bonchev–Trinajstić information content (AvgIpc) is 2.11. The lowest BCUT2D eigenvalue weighted by atomic mass is 10.2. The van der Waals surface area contributed by atoms with Crippen LogP contribution in [0.1, 0.15) is 20.8 Å². The molecule has 0 bridgehead atoms. The van der Waals surface area contributed by atoms with Gasteiger partial charge in [-0.05, 0) is 26.8 Å². The van der Waals surface area contributed by atoms with Crippen LogP contribution in [0.5, 0.6) is 0 Å². The monoisotopic (exact) mass is 197 g/mol. The summed E-state index contributed by atoms with van der Waals surface area (Å²) in [7, 11) is 0. The van der Waals surface area contributed by atoms with Crippen LogP contribution >= 0.6 is 0 Å². The number of rotatable bonds is 4. The SMILES string of the molecule is C=CC(=O)N(/C=C(\C)C(=O)O)C(C)C. The number of amides is 1. The van der Waals surface area contributed by atoms with Gasteiger partial charge in [-0.3, -0.25) is 4.79 Å². The van der Waals surface area contributed by atoms with E-state index in [0.717, 1.165) is 6.08 Å². The molecule has 78 valence electrons. The summed E-state index contributed by atoms with van der Waals surface area (Å²) in [5.74, 6) is -1.34. The molecule has 0 aliphatic rings. The molecule has 0 unspecified atom stereocenters. The van der Waals surface area contributed by atoms with Crippen molar-refractivity contribution in [3.05, 3.63) is 24.4 Å². The van der Waals surface area contributed by atoms with E-state index in [1.165, 1.54) is 18.0 Å². The van der Waals surface area contributed by atoms with Crippen LogP contribution in [0.15, 0.2) is 24.4 Å². The first-order chi connectivity index (χ1) is 6.40. The normalized spacial score (nSPS) is 11.3. The quantitative estimate of drug-likeness (QED) is 0.693. The first-order valence-corrected chi connectivity index (χ1v) is 4.26. The molecule has 4 heteroatoms. The van der Waals surface area contributed by atoms with Gasteiger partial charge < -0.3 is 10.0 Å². The highest BCUT2D eigenvalue weighted by Crippen LogP contribution is 2.04. The molecule has 0 atom stereocenters. The first kappa shape index (κ1) is 12.4. The lowest BCUT2D eigenvalue weighted by Gasteiger charge is -2.21. The van der Waals surface area contributed by atoms with E-state index in [0.29, 0.717) is 0 Å². The zero-order chi connectivity index (χ0) is 11.3. The van der Waals surface area contributed by atoms with E-state index in [9.17, 15) is 9.59 Å². The van der Waals surface area contributed by atoms with Gasteiger partial charge in [-0.15, -0.1) is 0 Å². The Morgan fingerprint density at radius 3 is 2.21 bits per heavy atom. The molecule has 0 saturated heterocycles. The topological polar surface area (TPSA) is 57.6 Å². The van der Waals surface area contributed by atoms with Gasteiger partial charge in [0, 0.05) is 12.2 Å². The third-order valence-corrected chi connectivity index (χ3v) is 1.66. The zero-order valence-electron chi connectivity index (χ0n) is 8.65. The number of nitrogens with zero attached hydrogens (tertiary/aromatic N) is 1. The highest BCUT2D eigenvalue weighted by molar-refractivity contribution is 5.90.